The first-order valence-electron chi connectivity index (χ1n) is 6.91. The monoisotopic (exact) mass is 376 g/mol. The molecule has 0 aliphatic heterocycles. The second-order valence-electron chi connectivity index (χ2n) is 4.73. The number of carboxylic acids is 1. The zero-order valence-corrected chi connectivity index (χ0v) is 14.3. The van der Waals surface area contributed by atoms with E-state index >= 15 is 0 Å². The topological polar surface area (TPSA) is 114 Å². The zero-order chi connectivity index (χ0) is 18.4. The van der Waals surface area contributed by atoms with Crippen molar-refractivity contribution < 1.29 is 19.8 Å². The second-order valence-corrected chi connectivity index (χ2v) is 6.22. The number of carbonyl (C=O) groups excluding carboxylic acids is 1. The number of rotatable bonds is 3. The number of aliphatic hydroxyl groups excluding tert-OH is 1. The maximum absolute atomic E-state index is 10.7. The highest BCUT2D eigenvalue weighted by Crippen LogP contribution is 2.22. The summed E-state index contributed by atoms with van der Waals surface area (Å²) in [6.45, 7) is 0. The van der Waals surface area contributed by atoms with Gasteiger partial charge >= 0.3 is 5.97 Å². The molecule has 0 spiro atoms. The number of halogens is 1. The SMILES string of the molecule is Nc1nc2ccccc2s1.O=C(O)C(=O)C=C(O)c1ccc(Cl)cc1. The molecule has 0 unspecified atom stereocenters. The van der Waals surface area contributed by atoms with Gasteiger partial charge in [0.15, 0.2) is 5.13 Å². The Balaban J connectivity index is 0.000000194. The number of ketones is 1. The number of nitrogens with two attached hydrogens (primary N) is 1. The van der Waals surface area contributed by atoms with Gasteiger partial charge in [-0.15, -0.1) is 0 Å². The third-order valence-electron chi connectivity index (χ3n) is 2.93. The fourth-order valence-corrected chi connectivity index (χ4v) is 2.64. The lowest BCUT2D eigenvalue weighted by molar-refractivity contribution is -0.146. The molecule has 3 rings (SSSR count). The normalized spacial score (nSPS) is 10.8. The third-order valence-corrected chi connectivity index (χ3v) is 4.05. The molecule has 0 aliphatic carbocycles. The molecule has 25 heavy (non-hydrogen) atoms. The van der Waals surface area contributed by atoms with Gasteiger partial charge in [0.05, 0.1) is 10.2 Å². The summed E-state index contributed by atoms with van der Waals surface area (Å²) in [5, 5.41) is 18.8. The zero-order valence-electron chi connectivity index (χ0n) is 12.7. The number of nitrogen functional groups attached to an aromatic ring is 1. The molecule has 1 aromatic heterocycles. The lowest BCUT2D eigenvalue weighted by Crippen LogP contribution is -2.09. The van der Waals surface area contributed by atoms with E-state index in [1.807, 2.05) is 24.3 Å². The summed E-state index contributed by atoms with van der Waals surface area (Å²) in [6.07, 6.45) is 0.644. The maximum Gasteiger partial charge on any atom is 0.376 e. The van der Waals surface area contributed by atoms with Gasteiger partial charge < -0.3 is 15.9 Å². The lowest BCUT2D eigenvalue weighted by Gasteiger charge is -1.98. The molecule has 6 nitrogen and oxygen atoms in total. The fourth-order valence-electron chi connectivity index (χ4n) is 1.78. The van der Waals surface area contributed by atoms with Gasteiger partial charge in [0.2, 0.25) is 0 Å². The van der Waals surface area contributed by atoms with Crippen molar-refractivity contribution in [1.82, 2.24) is 4.98 Å². The predicted molar refractivity (Wildman–Crippen MR) is 98.7 cm³/mol. The van der Waals surface area contributed by atoms with Gasteiger partial charge in [-0.3, -0.25) is 4.79 Å². The van der Waals surface area contributed by atoms with Crippen LogP contribution in [0.15, 0.2) is 54.6 Å². The maximum atomic E-state index is 10.7. The van der Waals surface area contributed by atoms with Gasteiger partial charge in [-0.2, -0.15) is 0 Å². The highest BCUT2D eigenvalue weighted by atomic mass is 35.5. The van der Waals surface area contributed by atoms with Gasteiger partial charge in [-0.05, 0) is 36.4 Å². The van der Waals surface area contributed by atoms with Crippen molar-refractivity contribution in [1.29, 1.82) is 0 Å². The molecule has 2 aromatic carbocycles. The Morgan fingerprint density at radius 1 is 1.08 bits per heavy atom. The Hall–Kier alpha value is -2.90. The van der Waals surface area contributed by atoms with Crippen molar-refractivity contribution in [2.75, 3.05) is 5.73 Å². The van der Waals surface area contributed by atoms with E-state index < -0.39 is 17.5 Å². The van der Waals surface area contributed by atoms with E-state index in [-0.39, 0.29) is 0 Å². The molecule has 0 saturated heterocycles. The summed E-state index contributed by atoms with van der Waals surface area (Å²) in [6, 6.07) is 13.9. The third kappa shape index (κ3) is 5.30. The van der Waals surface area contributed by atoms with Gasteiger partial charge in [0.1, 0.15) is 5.76 Å². The Labute approximate surface area is 151 Å². The van der Waals surface area contributed by atoms with Crippen molar-refractivity contribution in [2.45, 2.75) is 0 Å². The summed E-state index contributed by atoms with van der Waals surface area (Å²) in [7, 11) is 0. The van der Waals surface area contributed by atoms with E-state index in [0.717, 1.165) is 10.2 Å². The fraction of sp³-hybridized carbons (Fsp3) is 0. The molecule has 0 radical (unpaired) electrons. The van der Waals surface area contributed by atoms with Crippen LogP contribution >= 0.6 is 22.9 Å². The van der Waals surface area contributed by atoms with Crippen LogP contribution in [0, 0.1) is 0 Å². The van der Waals surface area contributed by atoms with Crippen LogP contribution in [0.3, 0.4) is 0 Å². The van der Waals surface area contributed by atoms with Crippen molar-refractivity contribution in [2.24, 2.45) is 0 Å². The first kappa shape index (κ1) is 18.4. The first-order valence-corrected chi connectivity index (χ1v) is 8.11. The number of hydrogen-bond acceptors (Lipinski definition) is 6. The van der Waals surface area contributed by atoms with Crippen LogP contribution in [0.1, 0.15) is 5.56 Å². The minimum absolute atomic E-state index is 0.328. The van der Waals surface area contributed by atoms with E-state index in [1.165, 1.54) is 35.6 Å². The number of aromatic nitrogens is 1. The van der Waals surface area contributed by atoms with E-state index in [0.29, 0.717) is 21.8 Å². The standard InChI is InChI=1S/C10H7ClO4.C7H6N2S/c11-7-3-1-6(2-4-7)8(12)5-9(13)10(14)15;8-7-9-5-3-1-2-4-6(5)10-7/h1-5,12H,(H,14,15);1-4H,(H2,8,9). The van der Waals surface area contributed by atoms with E-state index in [1.54, 1.807) is 0 Å². The second kappa shape index (κ2) is 8.27. The van der Waals surface area contributed by atoms with Crippen molar-refractivity contribution in [3.05, 3.63) is 65.2 Å². The number of para-hydroxylation sites is 1. The highest BCUT2D eigenvalue weighted by molar-refractivity contribution is 7.22. The number of nitrogens with zero attached hydrogens (tertiary/aromatic N) is 1. The smallest absolute Gasteiger partial charge is 0.376 e. The van der Waals surface area contributed by atoms with E-state index in [4.69, 9.17) is 22.4 Å². The number of benzene rings is 2. The number of anilines is 1. The van der Waals surface area contributed by atoms with E-state index in [9.17, 15) is 14.7 Å². The van der Waals surface area contributed by atoms with Gasteiger partial charge in [-0.25, -0.2) is 9.78 Å². The molecule has 0 aliphatic rings. The molecule has 0 saturated carbocycles. The molecular weight excluding hydrogens is 364 g/mol. The van der Waals surface area contributed by atoms with Gasteiger partial charge in [0.25, 0.3) is 5.78 Å². The van der Waals surface area contributed by atoms with Gasteiger partial charge in [0, 0.05) is 16.7 Å². The Bertz CT molecular complexity index is 902. The summed E-state index contributed by atoms with van der Waals surface area (Å²) in [4.78, 5) is 25.0. The summed E-state index contributed by atoms with van der Waals surface area (Å²) < 4.78 is 1.15. The van der Waals surface area contributed by atoms with Crippen LogP contribution in [0.5, 0.6) is 0 Å². The average molecular weight is 377 g/mol. The Morgan fingerprint density at radius 3 is 2.32 bits per heavy atom. The summed E-state index contributed by atoms with van der Waals surface area (Å²) in [5.74, 6) is -3.20. The van der Waals surface area contributed by atoms with E-state index in [2.05, 4.69) is 4.98 Å². The number of thiazole rings is 1. The largest absolute Gasteiger partial charge is 0.507 e. The van der Waals surface area contributed by atoms with Gasteiger partial charge in [-0.1, -0.05) is 35.1 Å². The van der Waals surface area contributed by atoms with Crippen molar-refractivity contribution >= 4 is 55.8 Å². The molecule has 0 fully saturated rings. The molecule has 0 bridgehead atoms. The minimum atomic E-state index is -1.62. The average Bonchev–Trinajstić information content (AvgIpc) is 2.95. The lowest BCUT2D eigenvalue weighted by atomic mass is 10.1. The summed E-state index contributed by atoms with van der Waals surface area (Å²) >= 11 is 7.13. The van der Waals surface area contributed by atoms with Crippen LogP contribution in [-0.4, -0.2) is 26.9 Å². The van der Waals surface area contributed by atoms with Crippen LogP contribution in [0.4, 0.5) is 5.13 Å². The van der Waals surface area contributed by atoms with Crippen molar-refractivity contribution in [3.63, 3.8) is 0 Å². The Morgan fingerprint density at radius 2 is 1.72 bits per heavy atom. The molecule has 0 amide bonds. The van der Waals surface area contributed by atoms with Crippen LogP contribution < -0.4 is 5.73 Å². The number of fused-ring (bicyclic) bond motifs is 1. The van der Waals surface area contributed by atoms with Crippen LogP contribution in [0.25, 0.3) is 16.0 Å². The number of carbonyl (C=O) groups is 2. The number of carboxylic acid groups (broad SMARTS) is 1. The molecule has 4 N–H and O–H groups in total. The number of aliphatic carboxylic acids is 1. The minimum Gasteiger partial charge on any atom is -0.507 e. The molecule has 1 heterocycles. The molecule has 0 atom stereocenters. The highest BCUT2D eigenvalue weighted by Gasteiger charge is 2.10. The first-order chi connectivity index (χ1) is 11.9. The molecular formula is C17H13ClN2O4S. The van der Waals surface area contributed by atoms with Crippen molar-refractivity contribution in [3.8, 4) is 0 Å². The molecule has 3 aromatic rings. The summed E-state index contributed by atoms with van der Waals surface area (Å²) in [5.41, 5.74) is 6.82. The Kier molecular flexibility index (Phi) is 6.10. The molecule has 128 valence electrons. The molecule has 8 heteroatoms. The predicted octanol–water partition coefficient (Wildman–Crippen LogP) is 3.77. The number of aliphatic hydroxyl groups is 1. The number of hydrogen-bond donors (Lipinski definition) is 3. The van der Waals surface area contributed by atoms with Crippen LogP contribution in [-0.2, 0) is 9.59 Å². The van der Waals surface area contributed by atoms with Crippen LogP contribution in [0.2, 0.25) is 5.02 Å². The quantitative estimate of drug-likeness (QED) is 0.364.